The number of Topliss-reactive ketones (excluding diaryl/α,β-unsaturated/α-hetero) is 2. The smallest absolute Gasteiger partial charge is 0.207 e. The monoisotopic (exact) mass is 206 g/mol. The molecule has 1 aromatic rings. The average Bonchev–Trinajstić information content (AvgIpc) is 2.17. The molecule has 0 amide bonds. The van der Waals surface area contributed by atoms with Gasteiger partial charge in [0.2, 0.25) is 5.78 Å². The third-order valence-electron chi connectivity index (χ3n) is 1.97. The molecule has 0 atom stereocenters. The van der Waals surface area contributed by atoms with Gasteiger partial charge in [-0.2, -0.15) is 0 Å². The van der Waals surface area contributed by atoms with Crippen molar-refractivity contribution in [2.24, 2.45) is 5.41 Å². The Morgan fingerprint density at radius 2 is 1.73 bits per heavy atom. The van der Waals surface area contributed by atoms with Gasteiger partial charge in [-0.15, -0.1) is 0 Å². The predicted octanol–water partition coefficient (Wildman–Crippen LogP) is 1.66. The Morgan fingerprint density at radius 1 is 1.20 bits per heavy atom. The van der Waals surface area contributed by atoms with E-state index in [1.54, 1.807) is 26.8 Å². The van der Waals surface area contributed by atoms with Crippen molar-refractivity contribution in [2.45, 2.75) is 27.2 Å². The van der Waals surface area contributed by atoms with Gasteiger partial charge in [0, 0.05) is 17.8 Å². The van der Waals surface area contributed by atoms with Crippen LogP contribution in [0.1, 0.15) is 37.8 Å². The van der Waals surface area contributed by atoms with Gasteiger partial charge >= 0.3 is 0 Å². The average molecular weight is 206 g/mol. The van der Waals surface area contributed by atoms with Crippen LogP contribution in [0.5, 0.6) is 0 Å². The van der Waals surface area contributed by atoms with Crippen LogP contribution in [-0.4, -0.2) is 21.5 Å². The zero-order chi connectivity index (χ0) is 11.5. The molecule has 0 unspecified atom stereocenters. The van der Waals surface area contributed by atoms with E-state index in [2.05, 4.69) is 9.97 Å². The summed E-state index contributed by atoms with van der Waals surface area (Å²) >= 11 is 0. The van der Waals surface area contributed by atoms with Gasteiger partial charge in [0.1, 0.15) is 5.78 Å². The first kappa shape index (κ1) is 11.5. The molecular weight excluding hydrogens is 192 g/mol. The maximum Gasteiger partial charge on any atom is 0.207 e. The van der Waals surface area contributed by atoms with Crippen molar-refractivity contribution >= 4 is 11.6 Å². The standard InChI is InChI=1S/C11H14N2O2/c1-11(2,3)9(15)7-8(14)10-12-5-4-6-13-10/h4-6H,7H2,1-3H3. The molecule has 15 heavy (non-hydrogen) atoms. The van der Waals surface area contributed by atoms with Crippen molar-refractivity contribution in [2.75, 3.05) is 0 Å². The molecule has 0 aliphatic heterocycles. The van der Waals surface area contributed by atoms with Crippen molar-refractivity contribution in [3.05, 3.63) is 24.3 Å². The number of aromatic nitrogens is 2. The Hall–Kier alpha value is -1.58. The SMILES string of the molecule is CC(C)(C)C(=O)CC(=O)c1ncccn1. The summed E-state index contributed by atoms with van der Waals surface area (Å²) in [6.07, 6.45) is 2.84. The van der Waals surface area contributed by atoms with Gasteiger partial charge in [-0.3, -0.25) is 9.59 Å². The van der Waals surface area contributed by atoms with Gasteiger partial charge in [-0.25, -0.2) is 9.97 Å². The summed E-state index contributed by atoms with van der Waals surface area (Å²) in [7, 11) is 0. The van der Waals surface area contributed by atoms with Crippen LogP contribution in [0.4, 0.5) is 0 Å². The van der Waals surface area contributed by atoms with Gasteiger partial charge in [-0.1, -0.05) is 20.8 Å². The Morgan fingerprint density at radius 3 is 2.20 bits per heavy atom. The van der Waals surface area contributed by atoms with Crippen LogP contribution in [0.15, 0.2) is 18.5 Å². The van der Waals surface area contributed by atoms with Crippen LogP contribution in [0.3, 0.4) is 0 Å². The van der Waals surface area contributed by atoms with Gasteiger partial charge in [-0.05, 0) is 6.07 Å². The minimum absolute atomic E-state index is 0.0973. The van der Waals surface area contributed by atoms with Crippen LogP contribution in [0, 0.1) is 5.41 Å². The van der Waals surface area contributed by atoms with Gasteiger partial charge in [0.15, 0.2) is 5.82 Å². The number of ketones is 2. The molecule has 0 saturated heterocycles. The molecule has 4 nitrogen and oxygen atoms in total. The fourth-order valence-electron chi connectivity index (χ4n) is 0.933. The van der Waals surface area contributed by atoms with Gasteiger partial charge < -0.3 is 0 Å². The molecular formula is C11H14N2O2. The summed E-state index contributed by atoms with van der Waals surface area (Å²) in [6, 6.07) is 1.63. The zero-order valence-corrected chi connectivity index (χ0v) is 9.15. The lowest BCUT2D eigenvalue weighted by atomic mass is 9.88. The van der Waals surface area contributed by atoms with E-state index in [4.69, 9.17) is 0 Å². The second kappa shape index (κ2) is 4.29. The van der Waals surface area contributed by atoms with E-state index in [0.29, 0.717) is 0 Å². The number of hydrogen-bond donors (Lipinski definition) is 0. The normalized spacial score (nSPS) is 11.1. The summed E-state index contributed by atoms with van der Waals surface area (Å²) in [5, 5.41) is 0. The zero-order valence-electron chi connectivity index (χ0n) is 9.15. The quantitative estimate of drug-likeness (QED) is 0.557. The Bertz CT molecular complexity index is 366. The first-order valence-corrected chi connectivity index (χ1v) is 4.75. The Balaban J connectivity index is 2.70. The van der Waals surface area contributed by atoms with E-state index < -0.39 is 5.41 Å². The fraction of sp³-hybridized carbons (Fsp3) is 0.455. The first-order chi connectivity index (χ1) is 6.91. The third-order valence-corrected chi connectivity index (χ3v) is 1.97. The van der Waals surface area contributed by atoms with Crippen molar-refractivity contribution in [3.8, 4) is 0 Å². The summed E-state index contributed by atoms with van der Waals surface area (Å²) in [4.78, 5) is 30.7. The fourth-order valence-corrected chi connectivity index (χ4v) is 0.933. The highest BCUT2D eigenvalue weighted by Gasteiger charge is 2.24. The van der Waals surface area contributed by atoms with E-state index in [0.717, 1.165) is 0 Å². The second-order valence-electron chi connectivity index (χ2n) is 4.35. The molecule has 4 heteroatoms. The molecule has 1 heterocycles. The number of rotatable bonds is 3. The topological polar surface area (TPSA) is 59.9 Å². The Labute approximate surface area is 88.7 Å². The molecule has 0 N–H and O–H groups in total. The van der Waals surface area contributed by atoms with E-state index in [-0.39, 0.29) is 23.8 Å². The lowest BCUT2D eigenvalue weighted by molar-refractivity contribution is -0.125. The summed E-state index contributed by atoms with van der Waals surface area (Å²) in [5.74, 6) is -0.314. The summed E-state index contributed by atoms with van der Waals surface area (Å²) in [6.45, 7) is 5.36. The molecule has 0 bridgehead atoms. The van der Waals surface area contributed by atoms with Crippen molar-refractivity contribution in [3.63, 3.8) is 0 Å². The summed E-state index contributed by atoms with van der Waals surface area (Å²) in [5.41, 5.74) is -0.496. The molecule has 1 aromatic heterocycles. The van der Waals surface area contributed by atoms with E-state index in [1.807, 2.05) is 0 Å². The number of carbonyl (C=O) groups excluding carboxylic acids is 2. The highest BCUT2D eigenvalue weighted by Crippen LogP contribution is 2.17. The molecule has 0 saturated carbocycles. The molecule has 0 radical (unpaired) electrons. The van der Waals surface area contributed by atoms with E-state index in [9.17, 15) is 9.59 Å². The van der Waals surface area contributed by atoms with Crippen LogP contribution < -0.4 is 0 Å². The maximum atomic E-state index is 11.6. The number of hydrogen-bond acceptors (Lipinski definition) is 4. The highest BCUT2D eigenvalue weighted by atomic mass is 16.1. The number of nitrogens with zero attached hydrogens (tertiary/aromatic N) is 2. The van der Waals surface area contributed by atoms with Crippen LogP contribution in [0.25, 0.3) is 0 Å². The van der Waals surface area contributed by atoms with E-state index in [1.165, 1.54) is 12.4 Å². The van der Waals surface area contributed by atoms with Gasteiger partial charge in [0.05, 0.1) is 6.42 Å². The van der Waals surface area contributed by atoms with Crippen molar-refractivity contribution in [1.82, 2.24) is 9.97 Å². The largest absolute Gasteiger partial charge is 0.299 e. The van der Waals surface area contributed by atoms with Gasteiger partial charge in [0.25, 0.3) is 0 Å². The van der Waals surface area contributed by atoms with Crippen molar-refractivity contribution in [1.29, 1.82) is 0 Å². The van der Waals surface area contributed by atoms with Crippen LogP contribution in [0.2, 0.25) is 0 Å². The lowest BCUT2D eigenvalue weighted by Gasteiger charge is -2.15. The molecule has 0 fully saturated rings. The molecule has 0 aliphatic rings. The first-order valence-electron chi connectivity index (χ1n) is 4.75. The highest BCUT2D eigenvalue weighted by molar-refractivity contribution is 6.07. The second-order valence-corrected chi connectivity index (χ2v) is 4.35. The molecule has 0 aliphatic carbocycles. The predicted molar refractivity (Wildman–Crippen MR) is 55.4 cm³/mol. The minimum Gasteiger partial charge on any atom is -0.299 e. The molecule has 1 rings (SSSR count). The van der Waals surface area contributed by atoms with E-state index >= 15 is 0 Å². The maximum absolute atomic E-state index is 11.6. The molecule has 80 valence electrons. The van der Waals surface area contributed by atoms with Crippen LogP contribution >= 0.6 is 0 Å². The lowest BCUT2D eigenvalue weighted by Crippen LogP contribution is -2.23. The molecule has 0 spiro atoms. The van der Waals surface area contributed by atoms with Crippen LogP contribution in [-0.2, 0) is 4.79 Å². The Kier molecular flexibility index (Phi) is 3.29. The number of carbonyl (C=O) groups is 2. The molecule has 0 aromatic carbocycles. The van der Waals surface area contributed by atoms with Crippen molar-refractivity contribution < 1.29 is 9.59 Å². The third kappa shape index (κ3) is 3.23. The summed E-state index contributed by atoms with van der Waals surface area (Å²) < 4.78 is 0. The minimum atomic E-state index is -0.496.